The second kappa shape index (κ2) is 9.74. The van der Waals surface area contributed by atoms with Gasteiger partial charge >= 0.3 is 0 Å². The van der Waals surface area contributed by atoms with Gasteiger partial charge in [-0.3, -0.25) is 4.18 Å². The van der Waals surface area contributed by atoms with Crippen molar-refractivity contribution < 1.29 is 12.6 Å². The predicted molar refractivity (Wildman–Crippen MR) is 100 cm³/mol. The SMILES string of the molecule is [CH2]CCC[C@](C)(/C=C/C#N)[C@H](C)CCOS(=O)(=O)c1ccc(C)cc1. The number of nitriles is 1. The summed E-state index contributed by atoms with van der Waals surface area (Å²) in [6.07, 6.45) is 6.71. The third-order valence-electron chi connectivity index (χ3n) is 4.73. The first-order valence-corrected chi connectivity index (χ1v) is 9.98. The van der Waals surface area contributed by atoms with Crippen LogP contribution in [0.25, 0.3) is 0 Å². The van der Waals surface area contributed by atoms with Crippen LogP contribution in [0.3, 0.4) is 0 Å². The lowest BCUT2D eigenvalue weighted by Crippen LogP contribution is -2.25. The molecule has 4 nitrogen and oxygen atoms in total. The van der Waals surface area contributed by atoms with Crippen molar-refractivity contribution in [1.29, 1.82) is 5.26 Å². The number of hydrogen-bond donors (Lipinski definition) is 0. The fourth-order valence-corrected chi connectivity index (χ4v) is 3.59. The smallest absolute Gasteiger partial charge is 0.266 e. The van der Waals surface area contributed by atoms with Crippen molar-refractivity contribution in [1.82, 2.24) is 0 Å². The molecule has 0 aliphatic rings. The van der Waals surface area contributed by atoms with Crippen LogP contribution < -0.4 is 0 Å². The van der Waals surface area contributed by atoms with E-state index in [0.717, 1.165) is 24.8 Å². The van der Waals surface area contributed by atoms with E-state index >= 15 is 0 Å². The van der Waals surface area contributed by atoms with Crippen molar-refractivity contribution in [2.75, 3.05) is 6.61 Å². The van der Waals surface area contributed by atoms with Gasteiger partial charge in [0.2, 0.25) is 0 Å². The summed E-state index contributed by atoms with van der Waals surface area (Å²) in [5.41, 5.74) is 0.822. The summed E-state index contributed by atoms with van der Waals surface area (Å²) >= 11 is 0. The Bertz CT molecular complexity index is 701. The molecule has 25 heavy (non-hydrogen) atoms. The number of nitrogens with zero attached hydrogens (tertiary/aromatic N) is 1. The van der Waals surface area contributed by atoms with Crippen molar-refractivity contribution in [2.45, 2.75) is 51.3 Å². The fourth-order valence-electron chi connectivity index (χ4n) is 2.66. The zero-order valence-corrected chi connectivity index (χ0v) is 16.2. The molecule has 1 radical (unpaired) electrons. The molecular weight excluding hydrogens is 334 g/mol. The van der Waals surface area contributed by atoms with E-state index in [9.17, 15) is 8.42 Å². The number of aryl methyl sites for hydroxylation is 1. The molecule has 2 atom stereocenters. The first-order valence-electron chi connectivity index (χ1n) is 8.58. The molecular formula is C20H28NO3S. The number of hydrogen-bond acceptors (Lipinski definition) is 4. The third kappa shape index (κ3) is 6.64. The lowest BCUT2D eigenvalue weighted by Gasteiger charge is -2.33. The van der Waals surface area contributed by atoms with Gasteiger partial charge in [0.1, 0.15) is 0 Å². The molecule has 137 valence electrons. The van der Waals surface area contributed by atoms with Gasteiger partial charge in [-0.2, -0.15) is 13.7 Å². The van der Waals surface area contributed by atoms with Gasteiger partial charge in [-0.15, -0.1) is 0 Å². The summed E-state index contributed by atoms with van der Waals surface area (Å²) in [4.78, 5) is 0.176. The molecule has 1 aromatic carbocycles. The molecule has 1 rings (SSSR count). The number of unbranched alkanes of at least 4 members (excludes halogenated alkanes) is 1. The van der Waals surface area contributed by atoms with Crippen molar-refractivity contribution in [3.8, 4) is 6.07 Å². The summed E-state index contributed by atoms with van der Waals surface area (Å²) in [7, 11) is -3.73. The Morgan fingerprint density at radius 1 is 1.36 bits per heavy atom. The third-order valence-corrected chi connectivity index (χ3v) is 6.06. The van der Waals surface area contributed by atoms with Crippen LogP contribution in [-0.4, -0.2) is 15.0 Å². The van der Waals surface area contributed by atoms with E-state index in [2.05, 4.69) is 20.8 Å². The largest absolute Gasteiger partial charge is 0.296 e. The Morgan fingerprint density at radius 3 is 2.56 bits per heavy atom. The summed E-state index contributed by atoms with van der Waals surface area (Å²) in [5.74, 6) is 0.178. The minimum atomic E-state index is -3.73. The monoisotopic (exact) mass is 362 g/mol. The fraction of sp³-hybridized carbons (Fsp3) is 0.500. The minimum absolute atomic E-state index is 0.123. The molecule has 0 saturated heterocycles. The molecule has 0 fully saturated rings. The highest BCUT2D eigenvalue weighted by molar-refractivity contribution is 7.86. The van der Waals surface area contributed by atoms with Gasteiger partial charge in [0.25, 0.3) is 10.1 Å². The molecule has 5 heteroatoms. The van der Waals surface area contributed by atoms with Gasteiger partial charge < -0.3 is 0 Å². The quantitative estimate of drug-likeness (QED) is 0.442. The number of rotatable bonds is 10. The van der Waals surface area contributed by atoms with Crippen LogP contribution in [0.2, 0.25) is 0 Å². The zero-order valence-electron chi connectivity index (χ0n) is 15.4. The van der Waals surface area contributed by atoms with Crippen molar-refractivity contribution in [3.63, 3.8) is 0 Å². The van der Waals surface area contributed by atoms with Crippen LogP contribution in [0.1, 0.15) is 45.1 Å². The standard InChI is InChI=1S/C20H28NO3S/c1-5-6-13-20(4,14-7-15-21)18(3)12-16-24-25(22,23)19-10-8-17(2)9-11-19/h7-11,14,18H,1,5-6,12-13,16H2,2-4H3/b14-7+/t18-,20-/m1/s1. The maximum absolute atomic E-state index is 12.2. The molecule has 0 spiro atoms. The van der Waals surface area contributed by atoms with Gasteiger partial charge in [-0.05, 0) is 43.2 Å². The van der Waals surface area contributed by atoms with Crippen molar-refractivity contribution in [3.05, 3.63) is 48.9 Å². The second-order valence-corrected chi connectivity index (χ2v) is 8.32. The second-order valence-electron chi connectivity index (χ2n) is 6.70. The maximum atomic E-state index is 12.2. The average molecular weight is 363 g/mol. The Morgan fingerprint density at radius 2 is 2.00 bits per heavy atom. The van der Waals surface area contributed by atoms with Gasteiger partial charge in [0.05, 0.1) is 17.6 Å². The Kier molecular flexibility index (Phi) is 8.34. The highest BCUT2D eigenvalue weighted by Crippen LogP contribution is 2.36. The van der Waals surface area contributed by atoms with E-state index in [-0.39, 0.29) is 22.8 Å². The number of benzene rings is 1. The molecule has 0 bridgehead atoms. The molecule has 1 aromatic rings. The predicted octanol–water partition coefficient (Wildman–Crippen LogP) is 4.82. The zero-order chi connectivity index (χ0) is 18.9. The van der Waals surface area contributed by atoms with Gasteiger partial charge in [-0.1, -0.05) is 57.4 Å². The molecule has 0 N–H and O–H groups in total. The Balaban J connectivity index is 2.70. The molecule has 0 heterocycles. The number of allylic oxidation sites excluding steroid dienone is 2. The molecule has 0 aliphatic carbocycles. The van der Waals surface area contributed by atoms with Crippen LogP contribution >= 0.6 is 0 Å². The van der Waals surface area contributed by atoms with Gasteiger partial charge in [0.15, 0.2) is 0 Å². The average Bonchev–Trinajstić information content (AvgIpc) is 2.58. The van der Waals surface area contributed by atoms with E-state index < -0.39 is 10.1 Å². The summed E-state index contributed by atoms with van der Waals surface area (Å²) in [5, 5.41) is 8.81. The van der Waals surface area contributed by atoms with Crippen molar-refractivity contribution >= 4 is 10.1 Å². The molecule has 0 aromatic heterocycles. The summed E-state index contributed by atoms with van der Waals surface area (Å²) < 4.78 is 29.7. The van der Waals surface area contributed by atoms with E-state index in [4.69, 9.17) is 9.44 Å². The summed E-state index contributed by atoms with van der Waals surface area (Å²) in [6.45, 7) is 10.1. The topological polar surface area (TPSA) is 67.2 Å². The van der Waals surface area contributed by atoms with E-state index in [1.165, 1.54) is 6.08 Å². The first kappa shape index (κ1) is 21.4. The molecule has 0 aliphatic heterocycles. The molecule has 0 saturated carbocycles. The maximum Gasteiger partial charge on any atom is 0.296 e. The molecule has 0 amide bonds. The van der Waals surface area contributed by atoms with E-state index in [1.54, 1.807) is 24.3 Å². The van der Waals surface area contributed by atoms with Crippen LogP contribution in [0.4, 0.5) is 0 Å². The Labute approximate surface area is 152 Å². The van der Waals surface area contributed by atoms with Gasteiger partial charge in [0, 0.05) is 6.08 Å². The van der Waals surface area contributed by atoms with E-state index in [1.807, 2.05) is 19.1 Å². The lowest BCUT2D eigenvalue weighted by molar-refractivity contribution is 0.197. The van der Waals surface area contributed by atoms with Crippen LogP contribution in [0, 0.1) is 36.5 Å². The normalized spacial score (nSPS) is 15.6. The minimum Gasteiger partial charge on any atom is -0.266 e. The summed E-state index contributed by atoms with van der Waals surface area (Å²) in [6, 6.07) is 8.66. The van der Waals surface area contributed by atoms with Crippen LogP contribution in [0.15, 0.2) is 41.3 Å². The van der Waals surface area contributed by atoms with E-state index in [0.29, 0.717) is 6.42 Å². The lowest BCUT2D eigenvalue weighted by atomic mass is 9.73. The molecule has 0 unspecified atom stereocenters. The highest BCUT2D eigenvalue weighted by Gasteiger charge is 2.28. The van der Waals surface area contributed by atoms with Crippen LogP contribution in [-0.2, 0) is 14.3 Å². The van der Waals surface area contributed by atoms with Crippen molar-refractivity contribution in [2.24, 2.45) is 11.3 Å². The van der Waals surface area contributed by atoms with Gasteiger partial charge in [-0.25, -0.2) is 0 Å². The first-order chi connectivity index (χ1) is 11.7. The van der Waals surface area contributed by atoms with Crippen LogP contribution in [0.5, 0.6) is 0 Å². The Hall–Kier alpha value is -1.64. The highest BCUT2D eigenvalue weighted by atomic mass is 32.2.